The van der Waals surface area contributed by atoms with Gasteiger partial charge in [0.05, 0.1) is 24.8 Å². The largest absolute Gasteiger partial charge is 0.494 e. The molecule has 0 spiro atoms. The molecule has 2 N–H and O–H groups in total. The fourth-order valence-electron chi connectivity index (χ4n) is 1.62. The molecule has 6 nitrogen and oxygen atoms in total. The van der Waals surface area contributed by atoms with Gasteiger partial charge in [-0.15, -0.1) is 0 Å². The first-order valence-corrected chi connectivity index (χ1v) is 6.20. The van der Waals surface area contributed by atoms with Crippen molar-refractivity contribution in [2.24, 2.45) is 0 Å². The van der Waals surface area contributed by atoms with E-state index < -0.39 is 6.09 Å². The van der Waals surface area contributed by atoms with E-state index in [1.807, 2.05) is 18.2 Å². The quantitative estimate of drug-likeness (QED) is 0.813. The standard InChI is InChI=1S/C13H17N3O3/c1-3-4-7-19-9-5-6-10-11(8-9)15-12(14-10)16-13(17)18-2/h5-6,8H,3-4,7H2,1-2H3,(H2,14,15,16,17). The smallest absolute Gasteiger partial charge is 0.413 e. The second-order valence-corrected chi connectivity index (χ2v) is 4.08. The summed E-state index contributed by atoms with van der Waals surface area (Å²) >= 11 is 0. The summed E-state index contributed by atoms with van der Waals surface area (Å²) in [5.41, 5.74) is 1.56. The van der Waals surface area contributed by atoms with Crippen molar-refractivity contribution in [2.75, 3.05) is 19.0 Å². The number of H-pyrrole nitrogens is 1. The van der Waals surface area contributed by atoms with Gasteiger partial charge in [0.1, 0.15) is 5.75 Å². The van der Waals surface area contributed by atoms with E-state index in [0.717, 1.165) is 29.6 Å². The van der Waals surface area contributed by atoms with Crippen LogP contribution in [0.15, 0.2) is 18.2 Å². The van der Waals surface area contributed by atoms with Crippen LogP contribution >= 0.6 is 0 Å². The number of methoxy groups -OCH3 is 1. The van der Waals surface area contributed by atoms with Crippen LogP contribution in [0.3, 0.4) is 0 Å². The highest BCUT2D eigenvalue weighted by Crippen LogP contribution is 2.20. The second kappa shape index (κ2) is 6.08. The minimum atomic E-state index is -0.557. The molecule has 0 aliphatic heterocycles. The van der Waals surface area contributed by atoms with Gasteiger partial charge >= 0.3 is 6.09 Å². The Kier molecular flexibility index (Phi) is 4.22. The average molecular weight is 263 g/mol. The van der Waals surface area contributed by atoms with E-state index in [4.69, 9.17) is 4.74 Å². The van der Waals surface area contributed by atoms with Gasteiger partial charge in [-0.1, -0.05) is 13.3 Å². The van der Waals surface area contributed by atoms with Crippen LogP contribution in [0.1, 0.15) is 19.8 Å². The van der Waals surface area contributed by atoms with Crippen molar-refractivity contribution in [1.29, 1.82) is 0 Å². The van der Waals surface area contributed by atoms with Crippen molar-refractivity contribution in [3.05, 3.63) is 18.2 Å². The highest BCUT2D eigenvalue weighted by atomic mass is 16.5. The van der Waals surface area contributed by atoms with E-state index in [9.17, 15) is 4.79 Å². The molecule has 2 aromatic rings. The van der Waals surface area contributed by atoms with Gasteiger partial charge in [-0.2, -0.15) is 0 Å². The lowest BCUT2D eigenvalue weighted by atomic mass is 10.3. The molecule has 1 aromatic carbocycles. The average Bonchev–Trinajstić information content (AvgIpc) is 2.80. The van der Waals surface area contributed by atoms with Gasteiger partial charge in [-0.25, -0.2) is 9.78 Å². The van der Waals surface area contributed by atoms with E-state index in [-0.39, 0.29) is 0 Å². The summed E-state index contributed by atoms with van der Waals surface area (Å²) in [4.78, 5) is 18.3. The minimum Gasteiger partial charge on any atom is -0.494 e. The van der Waals surface area contributed by atoms with Crippen LogP contribution in [0, 0.1) is 0 Å². The number of rotatable bonds is 5. The summed E-state index contributed by atoms with van der Waals surface area (Å²) in [6, 6.07) is 5.57. The summed E-state index contributed by atoms with van der Waals surface area (Å²) in [5, 5.41) is 2.48. The molecule has 0 saturated carbocycles. The zero-order valence-corrected chi connectivity index (χ0v) is 11.0. The van der Waals surface area contributed by atoms with E-state index >= 15 is 0 Å². The molecule has 1 aromatic heterocycles. The fourth-order valence-corrected chi connectivity index (χ4v) is 1.62. The Morgan fingerprint density at radius 2 is 2.32 bits per heavy atom. The lowest BCUT2D eigenvalue weighted by molar-refractivity contribution is 0.186. The number of amides is 1. The maximum absolute atomic E-state index is 11.1. The van der Waals surface area contributed by atoms with Crippen molar-refractivity contribution >= 4 is 23.1 Å². The predicted molar refractivity (Wildman–Crippen MR) is 72.5 cm³/mol. The summed E-state index contributed by atoms with van der Waals surface area (Å²) in [6.07, 6.45) is 1.56. The number of nitrogens with one attached hydrogen (secondary N) is 2. The number of imidazole rings is 1. The van der Waals surface area contributed by atoms with Gasteiger partial charge in [0.2, 0.25) is 5.95 Å². The number of unbranched alkanes of at least 4 members (excludes halogenated alkanes) is 1. The van der Waals surface area contributed by atoms with E-state index in [1.165, 1.54) is 7.11 Å². The first-order chi connectivity index (χ1) is 9.22. The molecule has 0 saturated heterocycles. The molecule has 1 heterocycles. The van der Waals surface area contributed by atoms with Gasteiger partial charge in [0.15, 0.2) is 0 Å². The Balaban J connectivity index is 2.11. The normalized spacial score (nSPS) is 10.4. The molecule has 0 fully saturated rings. The molecular weight excluding hydrogens is 246 g/mol. The van der Waals surface area contributed by atoms with E-state index in [1.54, 1.807) is 0 Å². The van der Waals surface area contributed by atoms with Crippen molar-refractivity contribution in [1.82, 2.24) is 9.97 Å². The molecule has 0 atom stereocenters. The SMILES string of the molecule is CCCCOc1ccc2nc(NC(=O)OC)[nH]c2c1. The topological polar surface area (TPSA) is 76.2 Å². The Morgan fingerprint density at radius 1 is 1.47 bits per heavy atom. The maximum atomic E-state index is 11.1. The van der Waals surface area contributed by atoms with Gasteiger partial charge in [0.25, 0.3) is 0 Å². The number of carbonyl (C=O) groups excluding carboxylic acids is 1. The molecule has 6 heteroatoms. The third kappa shape index (κ3) is 3.37. The second-order valence-electron chi connectivity index (χ2n) is 4.08. The number of anilines is 1. The molecule has 0 unspecified atom stereocenters. The Morgan fingerprint density at radius 3 is 3.05 bits per heavy atom. The van der Waals surface area contributed by atoms with Gasteiger partial charge in [-0.3, -0.25) is 5.32 Å². The molecule has 0 radical (unpaired) electrons. The van der Waals surface area contributed by atoms with Crippen LogP contribution in [0.5, 0.6) is 5.75 Å². The van der Waals surface area contributed by atoms with Crippen molar-refractivity contribution < 1.29 is 14.3 Å². The zero-order valence-electron chi connectivity index (χ0n) is 11.0. The molecule has 19 heavy (non-hydrogen) atoms. The molecule has 0 aliphatic carbocycles. The summed E-state index contributed by atoms with van der Waals surface area (Å²) in [7, 11) is 1.30. The maximum Gasteiger partial charge on any atom is 0.413 e. The van der Waals surface area contributed by atoms with Crippen molar-refractivity contribution in [3.63, 3.8) is 0 Å². The van der Waals surface area contributed by atoms with E-state index in [2.05, 4.69) is 26.9 Å². The van der Waals surface area contributed by atoms with Gasteiger partial charge < -0.3 is 14.5 Å². The number of nitrogens with zero attached hydrogens (tertiary/aromatic N) is 1. The number of aromatic nitrogens is 2. The fraction of sp³-hybridized carbons (Fsp3) is 0.385. The Bertz CT molecular complexity index is 565. The van der Waals surface area contributed by atoms with Crippen LogP contribution in [0.2, 0.25) is 0 Å². The number of ether oxygens (including phenoxy) is 2. The van der Waals surface area contributed by atoms with Crippen molar-refractivity contribution in [2.45, 2.75) is 19.8 Å². The first kappa shape index (κ1) is 13.2. The molecule has 0 aliphatic rings. The molecule has 1 amide bonds. The van der Waals surface area contributed by atoms with E-state index in [0.29, 0.717) is 12.6 Å². The van der Waals surface area contributed by atoms with Crippen LogP contribution in [0.4, 0.5) is 10.7 Å². The minimum absolute atomic E-state index is 0.354. The number of aromatic amines is 1. The van der Waals surface area contributed by atoms with Gasteiger partial charge in [-0.05, 0) is 18.6 Å². The Labute approximate surface area is 111 Å². The lowest BCUT2D eigenvalue weighted by Crippen LogP contribution is -2.11. The monoisotopic (exact) mass is 263 g/mol. The highest BCUT2D eigenvalue weighted by Gasteiger charge is 2.07. The molecule has 0 bridgehead atoms. The summed E-state index contributed by atoms with van der Waals surface area (Å²) in [5.74, 6) is 1.14. The van der Waals surface area contributed by atoms with Crippen molar-refractivity contribution in [3.8, 4) is 5.75 Å². The molecular formula is C13H17N3O3. The first-order valence-electron chi connectivity index (χ1n) is 6.20. The number of hydrogen-bond acceptors (Lipinski definition) is 4. The molecule has 2 rings (SSSR count). The third-order valence-electron chi connectivity index (χ3n) is 2.63. The van der Waals surface area contributed by atoms with Crippen LogP contribution in [0.25, 0.3) is 11.0 Å². The molecule has 102 valence electrons. The van der Waals surface area contributed by atoms with Gasteiger partial charge in [0, 0.05) is 6.07 Å². The zero-order chi connectivity index (χ0) is 13.7. The predicted octanol–water partition coefficient (Wildman–Crippen LogP) is 2.92. The number of benzene rings is 1. The highest BCUT2D eigenvalue weighted by molar-refractivity contribution is 5.86. The van der Waals surface area contributed by atoms with Crippen LogP contribution < -0.4 is 10.1 Å². The number of carbonyl (C=O) groups is 1. The third-order valence-corrected chi connectivity index (χ3v) is 2.63. The lowest BCUT2D eigenvalue weighted by Gasteiger charge is -2.04. The van der Waals surface area contributed by atoms with Crippen LogP contribution in [-0.4, -0.2) is 29.8 Å². The summed E-state index contributed by atoms with van der Waals surface area (Å²) in [6.45, 7) is 2.82. The summed E-state index contributed by atoms with van der Waals surface area (Å²) < 4.78 is 10.1. The Hall–Kier alpha value is -2.24. The van der Waals surface area contributed by atoms with Crippen LogP contribution in [-0.2, 0) is 4.74 Å². The number of hydrogen-bond donors (Lipinski definition) is 2. The number of fused-ring (bicyclic) bond motifs is 1.